The number of rotatable bonds is 4. The Labute approximate surface area is 113 Å². The molecule has 0 aliphatic rings. The maximum Gasteiger partial charge on any atom is 0.337 e. The molecule has 0 spiro atoms. The number of carbonyl (C=O) groups excluding carboxylic acids is 1. The lowest BCUT2D eigenvalue weighted by molar-refractivity contribution is -0.763. The minimum atomic E-state index is -0.867. The van der Waals surface area contributed by atoms with E-state index < -0.39 is 11.1 Å². The summed E-state index contributed by atoms with van der Waals surface area (Å²) in [5.41, 5.74) is 1.00. The minimum Gasteiger partial charge on any atom is -0.465 e. The van der Waals surface area contributed by atoms with E-state index in [0.717, 1.165) is 0 Å². The average molecular weight is 271 g/mol. The molecule has 6 nitrogen and oxygen atoms in total. The van der Waals surface area contributed by atoms with E-state index in [9.17, 15) is 14.9 Å². The third-order valence-corrected chi connectivity index (χ3v) is 1.71. The van der Waals surface area contributed by atoms with Gasteiger partial charge in [-0.15, -0.1) is 10.1 Å². The van der Waals surface area contributed by atoms with Crippen molar-refractivity contribution in [2.75, 3.05) is 7.11 Å². The van der Waals surface area contributed by atoms with Gasteiger partial charge in [-0.2, -0.15) is 0 Å². The zero-order chi connectivity index (χ0) is 15.3. The molecule has 0 amide bonds. The molecule has 0 atom stereocenters. The first-order valence-electron chi connectivity index (χ1n) is 6.08. The van der Waals surface area contributed by atoms with Crippen LogP contribution < -0.4 is 0 Å². The van der Waals surface area contributed by atoms with E-state index in [1.54, 1.807) is 12.1 Å². The lowest BCUT2D eigenvalue weighted by Crippen LogP contribution is -2.03. The molecular formula is C13H21NO5. The zero-order valence-electron chi connectivity index (χ0n) is 12.0. The van der Waals surface area contributed by atoms with Crippen molar-refractivity contribution in [3.05, 3.63) is 45.5 Å². The fourth-order valence-electron chi connectivity index (χ4n) is 0.982. The maximum absolute atomic E-state index is 11.0. The summed E-state index contributed by atoms with van der Waals surface area (Å²) in [4.78, 5) is 25.1. The van der Waals surface area contributed by atoms with Gasteiger partial charge in [0.05, 0.1) is 12.7 Å². The van der Waals surface area contributed by atoms with Gasteiger partial charge in [0.1, 0.15) is 6.61 Å². The van der Waals surface area contributed by atoms with Crippen molar-refractivity contribution in [1.82, 2.24) is 0 Å². The Morgan fingerprint density at radius 2 is 1.63 bits per heavy atom. The number of carbonyl (C=O) groups is 1. The fraction of sp³-hybridized carbons (Fsp3) is 0.462. The van der Waals surface area contributed by atoms with Crippen LogP contribution in [0.3, 0.4) is 0 Å². The number of methoxy groups -OCH3 is 1. The van der Waals surface area contributed by atoms with Gasteiger partial charge in [0.25, 0.3) is 5.09 Å². The van der Waals surface area contributed by atoms with E-state index >= 15 is 0 Å². The number of hydrogen-bond donors (Lipinski definition) is 0. The zero-order valence-corrected chi connectivity index (χ0v) is 12.0. The number of benzene rings is 1. The SMILES string of the molecule is CC.CC.COC(=O)c1ccc(CO[N+](=O)[O-])cc1. The van der Waals surface area contributed by atoms with Crippen LogP contribution in [0.25, 0.3) is 0 Å². The fourth-order valence-corrected chi connectivity index (χ4v) is 0.982. The first kappa shape index (κ1) is 19.2. The molecule has 0 saturated heterocycles. The Bertz CT molecular complexity index is 362. The normalized spacial score (nSPS) is 8.05. The van der Waals surface area contributed by atoms with Crippen LogP contribution in [0.4, 0.5) is 0 Å². The summed E-state index contributed by atoms with van der Waals surface area (Å²) >= 11 is 0. The van der Waals surface area contributed by atoms with E-state index in [0.29, 0.717) is 11.1 Å². The Kier molecular flexibility index (Phi) is 12.5. The number of nitrogens with zero attached hydrogens (tertiary/aromatic N) is 1. The van der Waals surface area contributed by atoms with Crippen LogP contribution in [0, 0.1) is 10.1 Å². The Morgan fingerprint density at radius 3 is 2.00 bits per heavy atom. The first-order valence-corrected chi connectivity index (χ1v) is 6.08. The van der Waals surface area contributed by atoms with Gasteiger partial charge in [0.15, 0.2) is 0 Å². The van der Waals surface area contributed by atoms with E-state index in [4.69, 9.17) is 0 Å². The van der Waals surface area contributed by atoms with E-state index in [1.165, 1.54) is 19.2 Å². The second-order valence-corrected chi connectivity index (χ2v) is 2.69. The Hall–Kier alpha value is -2.11. The highest BCUT2D eigenvalue weighted by Crippen LogP contribution is 2.06. The summed E-state index contributed by atoms with van der Waals surface area (Å²) in [7, 11) is 1.28. The number of hydrogen-bond acceptors (Lipinski definition) is 5. The molecule has 0 radical (unpaired) electrons. The van der Waals surface area contributed by atoms with Gasteiger partial charge in [-0.25, -0.2) is 4.79 Å². The van der Waals surface area contributed by atoms with E-state index in [-0.39, 0.29) is 6.61 Å². The highest BCUT2D eigenvalue weighted by Gasteiger charge is 2.04. The second kappa shape index (κ2) is 12.3. The van der Waals surface area contributed by atoms with E-state index in [1.807, 2.05) is 27.7 Å². The molecule has 0 heterocycles. The average Bonchev–Trinajstić information content (AvgIpc) is 2.49. The highest BCUT2D eigenvalue weighted by molar-refractivity contribution is 5.89. The van der Waals surface area contributed by atoms with Gasteiger partial charge in [-0.05, 0) is 17.7 Å². The van der Waals surface area contributed by atoms with Crippen molar-refractivity contribution in [3.8, 4) is 0 Å². The summed E-state index contributed by atoms with van der Waals surface area (Å²) < 4.78 is 4.50. The molecule has 0 saturated carbocycles. The molecule has 0 aliphatic carbocycles. The van der Waals surface area contributed by atoms with Crippen molar-refractivity contribution in [1.29, 1.82) is 0 Å². The second-order valence-electron chi connectivity index (χ2n) is 2.69. The summed E-state index contributed by atoms with van der Waals surface area (Å²) in [6.45, 7) is 7.87. The monoisotopic (exact) mass is 271 g/mol. The van der Waals surface area contributed by atoms with Crippen LogP contribution in [-0.4, -0.2) is 18.2 Å². The van der Waals surface area contributed by atoms with Crippen LogP contribution in [0.5, 0.6) is 0 Å². The molecule has 19 heavy (non-hydrogen) atoms. The summed E-state index contributed by atoms with van der Waals surface area (Å²) in [6, 6.07) is 6.17. The number of esters is 1. The molecule has 1 aromatic carbocycles. The molecule has 1 aromatic rings. The highest BCUT2D eigenvalue weighted by atomic mass is 16.9. The summed E-state index contributed by atoms with van der Waals surface area (Å²) in [6.07, 6.45) is 0. The third-order valence-electron chi connectivity index (χ3n) is 1.71. The van der Waals surface area contributed by atoms with Crippen molar-refractivity contribution >= 4 is 5.97 Å². The van der Waals surface area contributed by atoms with Crippen LogP contribution in [0.15, 0.2) is 24.3 Å². The van der Waals surface area contributed by atoms with E-state index in [2.05, 4.69) is 9.57 Å². The van der Waals surface area contributed by atoms with Crippen LogP contribution in [0.1, 0.15) is 43.6 Å². The lowest BCUT2D eigenvalue weighted by atomic mass is 10.1. The smallest absolute Gasteiger partial charge is 0.337 e. The minimum absolute atomic E-state index is 0.131. The molecule has 0 bridgehead atoms. The quantitative estimate of drug-likeness (QED) is 0.477. The van der Waals surface area contributed by atoms with Gasteiger partial charge in [-0.3, -0.25) is 0 Å². The Balaban J connectivity index is 0. The van der Waals surface area contributed by atoms with Crippen LogP contribution >= 0.6 is 0 Å². The predicted molar refractivity (Wildman–Crippen MR) is 72.3 cm³/mol. The molecule has 0 fully saturated rings. The molecule has 0 N–H and O–H groups in total. The van der Waals surface area contributed by atoms with Gasteiger partial charge in [0.2, 0.25) is 0 Å². The largest absolute Gasteiger partial charge is 0.465 e. The molecule has 108 valence electrons. The summed E-state index contributed by atoms with van der Waals surface area (Å²) in [5.74, 6) is -0.447. The summed E-state index contributed by atoms with van der Waals surface area (Å²) in [5, 5.41) is 9.04. The van der Waals surface area contributed by atoms with Gasteiger partial charge in [0, 0.05) is 0 Å². The lowest BCUT2D eigenvalue weighted by Gasteiger charge is -2.01. The predicted octanol–water partition coefficient (Wildman–Crippen LogP) is 3.23. The maximum atomic E-state index is 11.0. The van der Waals surface area contributed by atoms with Crippen LogP contribution in [-0.2, 0) is 16.2 Å². The van der Waals surface area contributed by atoms with Crippen molar-refractivity contribution < 1.29 is 19.5 Å². The molecular weight excluding hydrogens is 250 g/mol. The molecule has 0 aromatic heterocycles. The topological polar surface area (TPSA) is 78.7 Å². The molecule has 6 heteroatoms. The standard InChI is InChI=1S/C9H9NO5.2C2H6/c1-14-9(11)8-4-2-7(3-5-8)6-15-10(12)13;2*1-2/h2-5H,6H2,1H3;2*1-2H3. The van der Waals surface area contributed by atoms with Crippen LogP contribution in [0.2, 0.25) is 0 Å². The van der Waals surface area contributed by atoms with Crippen molar-refractivity contribution in [2.45, 2.75) is 34.3 Å². The number of ether oxygens (including phenoxy) is 1. The van der Waals surface area contributed by atoms with Gasteiger partial charge < -0.3 is 9.57 Å². The van der Waals surface area contributed by atoms with Gasteiger partial charge >= 0.3 is 5.97 Å². The van der Waals surface area contributed by atoms with Gasteiger partial charge in [-0.1, -0.05) is 39.8 Å². The Morgan fingerprint density at radius 1 is 1.16 bits per heavy atom. The first-order chi connectivity index (χ1) is 9.13. The molecule has 1 rings (SSSR count). The van der Waals surface area contributed by atoms with Crippen molar-refractivity contribution in [3.63, 3.8) is 0 Å². The third kappa shape index (κ3) is 8.59. The van der Waals surface area contributed by atoms with Crippen molar-refractivity contribution in [2.24, 2.45) is 0 Å². The molecule has 0 aliphatic heterocycles. The molecule has 0 unspecified atom stereocenters.